The molecule has 1 N–H and O–H groups in total. The van der Waals surface area contributed by atoms with E-state index in [1.807, 2.05) is 13.0 Å². The van der Waals surface area contributed by atoms with Gasteiger partial charge in [0.15, 0.2) is 9.84 Å². The van der Waals surface area contributed by atoms with Gasteiger partial charge in [-0.05, 0) is 27.2 Å². The quantitative estimate of drug-likeness (QED) is 0.686. The Morgan fingerprint density at radius 1 is 1.50 bits per heavy atom. The summed E-state index contributed by atoms with van der Waals surface area (Å²) in [5, 5.41) is 3.18. The van der Waals surface area contributed by atoms with E-state index in [0.717, 1.165) is 6.42 Å². The molecule has 84 valence electrons. The fourth-order valence-corrected chi connectivity index (χ4v) is 1.23. The minimum Gasteiger partial charge on any atom is -0.312 e. The predicted molar refractivity (Wildman–Crippen MR) is 61.2 cm³/mol. The highest BCUT2D eigenvalue weighted by atomic mass is 32.2. The molecule has 0 fully saturated rings. The van der Waals surface area contributed by atoms with Gasteiger partial charge in [-0.3, -0.25) is 0 Å². The van der Waals surface area contributed by atoms with E-state index in [0.29, 0.717) is 6.54 Å². The second-order valence-corrected chi connectivity index (χ2v) is 6.99. The van der Waals surface area contributed by atoms with Gasteiger partial charge in [0.1, 0.15) is 0 Å². The van der Waals surface area contributed by atoms with Crippen LogP contribution in [0.3, 0.4) is 0 Å². The molecule has 0 rings (SSSR count). The smallest absolute Gasteiger partial charge is 0.153 e. The Kier molecular flexibility index (Phi) is 4.81. The van der Waals surface area contributed by atoms with E-state index < -0.39 is 14.6 Å². The fraction of sp³-hybridized carbons (Fsp3) is 0.800. The monoisotopic (exact) mass is 219 g/mol. The van der Waals surface area contributed by atoms with Crippen molar-refractivity contribution in [3.05, 3.63) is 12.7 Å². The first-order valence-corrected chi connectivity index (χ1v) is 6.63. The molecule has 0 aromatic heterocycles. The number of nitrogens with one attached hydrogen (secondary N) is 1. The van der Waals surface area contributed by atoms with E-state index >= 15 is 0 Å². The van der Waals surface area contributed by atoms with Crippen LogP contribution in [0.2, 0.25) is 0 Å². The first kappa shape index (κ1) is 13.7. The SMILES string of the molecule is C=CCC(C)NCC(C)(C)S(C)(=O)=O. The van der Waals surface area contributed by atoms with Gasteiger partial charge in [-0.1, -0.05) is 6.08 Å². The Morgan fingerprint density at radius 3 is 2.36 bits per heavy atom. The molecule has 0 aliphatic heterocycles. The number of hydrogen-bond donors (Lipinski definition) is 1. The maximum absolute atomic E-state index is 11.4. The van der Waals surface area contributed by atoms with E-state index in [-0.39, 0.29) is 6.04 Å². The molecule has 0 aliphatic carbocycles. The van der Waals surface area contributed by atoms with Crippen molar-refractivity contribution in [3.63, 3.8) is 0 Å². The summed E-state index contributed by atoms with van der Waals surface area (Å²) in [4.78, 5) is 0. The molecule has 0 bridgehead atoms. The van der Waals surface area contributed by atoms with Crippen LogP contribution in [0.15, 0.2) is 12.7 Å². The lowest BCUT2D eigenvalue weighted by Crippen LogP contribution is -2.44. The molecule has 14 heavy (non-hydrogen) atoms. The average molecular weight is 219 g/mol. The number of rotatable bonds is 6. The van der Waals surface area contributed by atoms with E-state index in [1.54, 1.807) is 13.8 Å². The predicted octanol–water partition coefficient (Wildman–Crippen LogP) is 1.36. The molecule has 0 radical (unpaired) electrons. The third-order valence-corrected chi connectivity index (χ3v) is 4.55. The third-order valence-electron chi connectivity index (χ3n) is 2.40. The summed E-state index contributed by atoms with van der Waals surface area (Å²) in [6.45, 7) is 9.59. The van der Waals surface area contributed by atoms with Crippen LogP contribution in [0.5, 0.6) is 0 Å². The van der Waals surface area contributed by atoms with Crippen molar-refractivity contribution < 1.29 is 8.42 Å². The van der Waals surface area contributed by atoms with Gasteiger partial charge in [-0.15, -0.1) is 6.58 Å². The van der Waals surface area contributed by atoms with Gasteiger partial charge in [0.2, 0.25) is 0 Å². The molecule has 0 aromatic rings. The summed E-state index contributed by atoms with van der Waals surface area (Å²) in [7, 11) is -3.00. The molecular weight excluding hydrogens is 198 g/mol. The molecule has 1 atom stereocenters. The van der Waals surface area contributed by atoms with E-state index in [2.05, 4.69) is 11.9 Å². The standard InChI is InChI=1S/C10H21NO2S/c1-6-7-9(2)11-8-10(3,4)14(5,12)13/h6,9,11H,1,7-8H2,2-5H3. The maximum atomic E-state index is 11.4. The van der Waals surface area contributed by atoms with Gasteiger partial charge in [0.25, 0.3) is 0 Å². The summed E-state index contributed by atoms with van der Waals surface area (Å²) in [5.41, 5.74) is 0. The van der Waals surface area contributed by atoms with Crippen LogP contribution in [0.1, 0.15) is 27.2 Å². The Labute approximate surface area is 87.5 Å². The van der Waals surface area contributed by atoms with Crippen LogP contribution >= 0.6 is 0 Å². The van der Waals surface area contributed by atoms with Gasteiger partial charge < -0.3 is 5.32 Å². The zero-order chi connectivity index (χ0) is 11.4. The van der Waals surface area contributed by atoms with Crippen molar-refractivity contribution in [1.29, 1.82) is 0 Å². The summed E-state index contributed by atoms with van der Waals surface area (Å²) >= 11 is 0. The minimum atomic E-state index is -3.00. The Morgan fingerprint density at radius 2 is 2.00 bits per heavy atom. The molecule has 4 heteroatoms. The van der Waals surface area contributed by atoms with Crippen molar-refractivity contribution in [2.45, 2.75) is 38.0 Å². The highest BCUT2D eigenvalue weighted by Gasteiger charge is 2.29. The average Bonchev–Trinajstić information content (AvgIpc) is 1.99. The molecule has 0 heterocycles. The Bertz CT molecular complexity index is 280. The van der Waals surface area contributed by atoms with Crippen LogP contribution < -0.4 is 5.32 Å². The van der Waals surface area contributed by atoms with Crippen molar-refractivity contribution >= 4 is 9.84 Å². The van der Waals surface area contributed by atoms with E-state index in [9.17, 15) is 8.42 Å². The van der Waals surface area contributed by atoms with Gasteiger partial charge in [-0.25, -0.2) is 8.42 Å². The van der Waals surface area contributed by atoms with Crippen LogP contribution in [0.25, 0.3) is 0 Å². The van der Waals surface area contributed by atoms with Crippen LogP contribution in [-0.4, -0.2) is 32.0 Å². The van der Waals surface area contributed by atoms with Crippen LogP contribution in [0, 0.1) is 0 Å². The highest BCUT2D eigenvalue weighted by Crippen LogP contribution is 2.13. The molecule has 0 saturated carbocycles. The highest BCUT2D eigenvalue weighted by molar-refractivity contribution is 7.92. The van der Waals surface area contributed by atoms with Gasteiger partial charge in [0.05, 0.1) is 4.75 Å². The molecule has 0 spiro atoms. The molecule has 0 aliphatic rings. The molecule has 1 unspecified atom stereocenters. The topological polar surface area (TPSA) is 46.2 Å². The Hall–Kier alpha value is -0.350. The number of sulfone groups is 1. The zero-order valence-electron chi connectivity index (χ0n) is 9.50. The number of hydrogen-bond acceptors (Lipinski definition) is 3. The zero-order valence-corrected chi connectivity index (χ0v) is 10.3. The second-order valence-electron chi connectivity index (χ2n) is 4.34. The lowest BCUT2D eigenvalue weighted by molar-refractivity contribution is 0.482. The fourth-order valence-electron chi connectivity index (χ4n) is 0.884. The summed E-state index contributed by atoms with van der Waals surface area (Å²) < 4.78 is 22.0. The normalized spacial score (nSPS) is 15.1. The van der Waals surface area contributed by atoms with Crippen molar-refractivity contribution in [1.82, 2.24) is 5.32 Å². The summed E-state index contributed by atoms with van der Waals surface area (Å²) in [6, 6.07) is 0.272. The van der Waals surface area contributed by atoms with E-state index in [1.165, 1.54) is 6.26 Å². The largest absolute Gasteiger partial charge is 0.312 e. The van der Waals surface area contributed by atoms with Gasteiger partial charge in [0, 0.05) is 18.8 Å². The van der Waals surface area contributed by atoms with Crippen molar-refractivity contribution in [2.75, 3.05) is 12.8 Å². The van der Waals surface area contributed by atoms with Gasteiger partial charge >= 0.3 is 0 Å². The molecule has 0 saturated heterocycles. The van der Waals surface area contributed by atoms with Crippen molar-refractivity contribution in [3.8, 4) is 0 Å². The van der Waals surface area contributed by atoms with E-state index in [4.69, 9.17) is 0 Å². The lowest BCUT2D eigenvalue weighted by atomic mass is 10.1. The molecule has 0 aromatic carbocycles. The molecular formula is C10H21NO2S. The Balaban J connectivity index is 4.19. The maximum Gasteiger partial charge on any atom is 0.153 e. The molecule has 0 amide bonds. The van der Waals surface area contributed by atoms with Crippen molar-refractivity contribution in [2.24, 2.45) is 0 Å². The second kappa shape index (κ2) is 4.94. The minimum absolute atomic E-state index is 0.272. The summed E-state index contributed by atoms with van der Waals surface area (Å²) in [6.07, 6.45) is 3.94. The summed E-state index contributed by atoms with van der Waals surface area (Å²) in [5.74, 6) is 0. The van der Waals surface area contributed by atoms with Crippen LogP contribution in [0.4, 0.5) is 0 Å². The lowest BCUT2D eigenvalue weighted by Gasteiger charge is -2.25. The first-order valence-electron chi connectivity index (χ1n) is 4.74. The van der Waals surface area contributed by atoms with Crippen LogP contribution in [-0.2, 0) is 9.84 Å². The molecule has 3 nitrogen and oxygen atoms in total. The third kappa shape index (κ3) is 4.24. The first-order chi connectivity index (χ1) is 6.20. The van der Waals surface area contributed by atoms with Gasteiger partial charge in [-0.2, -0.15) is 0 Å².